The highest BCUT2D eigenvalue weighted by atomic mass is 16.4. The number of aromatic nitrogens is 6. The summed E-state index contributed by atoms with van der Waals surface area (Å²) in [6.07, 6.45) is 10.1. The molecule has 0 fully saturated rings. The van der Waals surface area contributed by atoms with Gasteiger partial charge in [-0.1, -0.05) is 117 Å². The molecule has 4 amide bonds. The number of phenols is 1. The molecule has 6 aromatic rings. The first-order valence-electron chi connectivity index (χ1n) is 24.3. The van der Waals surface area contributed by atoms with Crippen LogP contribution in [0.15, 0.2) is 110 Å². The van der Waals surface area contributed by atoms with Crippen LogP contribution < -0.4 is 27.0 Å². The molecule has 18 nitrogen and oxygen atoms in total. The van der Waals surface area contributed by atoms with Crippen LogP contribution in [0.3, 0.4) is 0 Å². The predicted octanol–water partition coefficient (Wildman–Crippen LogP) is 5.33. The second kappa shape index (κ2) is 26.9. The zero-order chi connectivity index (χ0) is 50.5. The number of benzene rings is 4. The molecule has 0 unspecified atom stereocenters. The topological polar surface area (TPSA) is 272 Å². The van der Waals surface area contributed by atoms with E-state index in [1.807, 2.05) is 84.3 Å². The molecule has 4 atom stereocenters. The maximum absolute atomic E-state index is 14.3. The summed E-state index contributed by atoms with van der Waals surface area (Å²) < 4.78 is 1.87. The average Bonchev–Trinajstić information content (AvgIpc) is 4.07. The van der Waals surface area contributed by atoms with Gasteiger partial charge in [0.15, 0.2) is 0 Å². The van der Waals surface area contributed by atoms with Crippen molar-refractivity contribution in [1.82, 2.24) is 51.4 Å². The van der Waals surface area contributed by atoms with Gasteiger partial charge >= 0.3 is 5.97 Å². The number of imidazole rings is 1. The molecule has 0 spiro atoms. The van der Waals surface area contributed by atoms with E-state index in [-0.39, 0.29) is 37.3 Å². The smallest absolute Gasteiger partial charge is 0.326 e. The molecular weight excluding hydrogens is 903 g/mol. The highest BCUT2D eigenvalue weighted by Crippen LogP contribution is 2.31. The Labute approximate surface area is 413 Å². The van der Waals surface area contributed by atoms with E-state index in [0.717, 1.165) is 59.9 Å². The van der Waals surface area contributed by atoms with Crippen molar-refractivity contribution in [1.29, 1.82) is 0 Å². The number of nitrogens with two attached hydrogens (primary N) is 1. The van der Waals surface area contributed by atoms with Crippen molar-refractivity contribution in [2.24, 2.45) is 5.73 Å². The molecule has 0 bridgehead atoms. The third-order valence-electron chi connectivity index (χ3n) is 12.1. The Morgan fingerprint density at radius 3 is 2.08 bits per heavy atom. The van der Waals surface area contributed by atoms with Gasteiger partial charge in [0.05, 0.1) is 18.1 Å². The number of hydrogen-bond acceptors (Lipinski definition) is 11. The van der Waals surface area contributed by atoms with E-state index in [9.17, 15) is 34.2 Å². The largest absolute Gasteiger partial charge is 0.508 e. The highest BCUT2D eigenvalue weighted by Gasteiger charge is 2.31. The van der Waals surface area contributed by atoms with E-state index in [1.54, 1.807) is 24.7 Å². The summed E-state index contributed by atoms with van der Waals surface area (Å²) in [6.45, 7) is 4.88. The van der Waals surface area contributed by atoms with E-state index in [2.05, 4.69) is 53.8 Å². The number of carboxylic acids is 1. The van der Waals surface area contributed by atoms with Gasteiger partial charge < -0.3 is 41.8 Å². The lowest BCUT2D eigenvalue weighted by Crippen LogP contribution is -2.58. The molecule has 374 valence electrons. The summed E-state index contributed by atoms with van der Waals surface area (Å²) in [5, 5.41) is 45.7. The number of aryl methyl sites for hydroxylation is 1. The van der Waals surface area contributed by atoms with Crippen LogP contribution in [0.1, 0.15) is 92.7 Å². The number of aliphatic carboxylic acids is 1. The van der Waals surface area contributed by atoms with E-state index >= 15 is 0 Å². The van der Waals surface area contributed by atoms with E-state index < -0.39 is 47.9 Å². The lowest BCUT2D eigenvalue weighted by Gasteiger charge is -2.25. The van der Waals surface area contributed by atoms with Crippen LogP contribution in [0.2, 0.25) is 0 Å². The van der Waals surface area contributed by atoms with Crippen LogP contribution in [0.5, 0.6) is 5.75 Å². The van der Waals surface area contributed by atoms with Crippen molar-refractivity contribution >= 4 is 29.6 Å². The van der Waals surface area contributed by atoms with Gasteiger partial charge in [-0.25, -0.2) is 9.78 Å². The molecule has 0 saturated heterocycles. The number of aromatic amines is 1. The molecular formula is C53H65N11O7. The number of rotatable bonds is 28. The lowest BCUT2D eigenvalue weighted by atomic mass is 9.97. The third kappa shape index (κ3) is 16.7. The first kappa shape index (κ1) is 52.6. The SMILES string of the molecule is CCCCCCCC(=O)NCCCC[C@H](NC(=O)[C@@H](N)Cc1cn(Cc2ccc(-c3ccccc3)c(-c3nn[nH]n3)c2)cn1)C(=O)N[C@H](Cc1ccc(C)cc1)C(=O)N[C@@H](Cc1ccc(O)cc1)C(=O)O. The normalized spacial score (nSPS) is 12.8. The van der Waals surface area contributed by atoms with Crippen molar-refractivity contribution in [3.05, 3.63) is 138 Å². The number of carbonyl (C=O) groups is 5. The fourth-order valence-corrected chi connectivity index (χ4v) is 8.16. The zero-order valence-corrected chi connectivity index (χ0v) is 40.4. The van der Waals surface area contributed by atoms with Crippen LogP contribution >= 0.6 is 0 Å². The first-order valence-corrected chi connectivity index (χ1v) is 24.3. The number of H-pyrrole nitrogens is 1. The molecule has 2 aromatic heterocycles. The van der Waals surface area contributed by atoms with E-state index in [4.69, 9.17) is 5.73 Å². The molecule has 2 heterocycles. The molecule has 9 N–H and O–H groups in total. The van der Waals surface area contributed by atoms with Crippen molar-refractivity contribution in [2.75, 3.05) is 6.54 Å². The molecule has 0 aliphatic rings. The number of nitrogens with one attached hydrogen (secondary N) is 5. The Morgan fingerprint density at radius 1 is 0.718 bits per heavy atom. The van der Waals surface area contributed by atoms with Crippen LogP contribution in [0.25, 0.3) is 22.5 Å². The van der Waals surface area contributed by atoms with Gasteiger partial charge in [0.2, 0.25) is 29.5 Å². The minimum Gasteiger partial charge on any atom is -0.508 e. The van der Waals surface area contributed by atoms with Gasteiger partial charge in [-0.3, -0.25) is 19.2 Å². The summed E-state index contributed by atoms with van der Waals surface area (Å²) in [5.41, 5.74) is 13.0. The minimum atomic E-state index is -1.36. The van der Waals surface area contributed by atoms with Crippen LogP contribution in [-0.2, 0) is 49.8 Å². The highest BCUT2D eigenvalue weighted by molar-refractivity contribution is 5.94. The number of tetrazole rings is 1. The fourth-order valence-electron chi connectivity index (χ4n) is 8.16. The number of carbonyl (C=O) groups excluding carboxylic acids is 4. The van der Waals surface area contributed by atoms with Gasteiger partial charge in [0.1, 0.15) is 23.9 Å². The number of aromatic hydroxyl groups is 1. The second-order valence-electron chi connectivity index (χ2n) is 17.9. The Hall–Kier alpha value is -7.73. The number of carboxylic acid groups (broad SMARTS) is 1. The standard InChI is InChI=1S/C53H65N11O7/c1-3-4-5-6-10-16-48(66)55-27-12-11-15-45(51(68)58-46(29-36-19-17-35(2)18-20-36)52(69)59-47(53(70)71)30-37-21-24-41(65)25-22-37)57-50(67)44(54)31-40-33-64(34-56-40)32-38-23-26-42(39-13-8-7-9-14-39)43(28-38)49-60-62-63-61-49/h7-9,13-14,17-26,28,33-34,44-47,65H,3-6,10-12,15-16,27,29-32,54H2,1-2H3,(H,55,66)(H,57,67)(H,58,68)(H,59,69)(H,70,71)(H,60,61,62,63)/t44-,45-,46+,47-/m0/s1. The summed E-state index contributed by atoms with van der Waals surface area (Å²) in [5.74, 6) is -2.88. The Kier molecular flexibility index (Phi) is 19.9. The Balaban J connectivity index is 1.13. The second-order valence-corrected chi connectivity index (χ2v) is 17.9. The average molecular weight is 968 g/mol. The molecule has 18 heteroatoms. The fraction of sp³-hybridized carbons (Fsp3) is 0.377. The van der Waals surface area contributed by atoms with Crippen molar-refractivity contribution < 1.29 is 34.2 Å². The number of nitrogens with zero attached hydrogens (tertiary/aromatic N) is 5. The number of hydrogen-bond donors (Lipinski definition) is 8. The molecule has 0 aliphatic carbocycles. The van der Waals surface area contributed by atoms with Gasteiger partial charge in [-0.2, -0.15) is 5.21 Å². The van der Waals surface area contributed by atoms with Gasteiger partial charge in [-0.15, -0.1) is 10.2 Å². The first-order chi connectivity index (χ1) is 34.3. The Morgan fingerprint density at radius 2 is 1.38 bits per heavy atom. The van der Waals surface area contributed by atoms with Crippen LogP contribution in [-0.4, -0.2) is 101 Å². The van der Waals surface area contributed by atoms with Gasteiger partial charge in [0, 0.05) is 50.5 Å². The van der Waals surface area contributed by atoms with Crippen molar-refractivity contribution in [2.45, 2.75) is 122 Å². The van der Waals surface area contributed by atoms with Gasteiger partial charge in [-0.05, 0) is 83.8 Å². The van der Waals surface area contributed by atoms with E-state index in [0.29, 0.717) is 55.0 Å². The summed E-state index contributed by atoms with van der Waals surface area (Å²) in [7, 11) is 0. The number of phenolic OH excluding ortho intramolecular Hbond substituents is 1. The predicted molar refractivity (Wildman–Crippen MR) is 268 cm³/mol. The van der Waals surface area contributed by atoms with Crippen molar-refractivity contribution in [3.8, 4) is 28.3 Å². The van der Waals surface area contributed by atoms with Crippen LogP contribution in [0.4, 0.5) is 0 Å². The monoisotopic (exact) mass is 968 g/mol. The summed E-state index contributed by atoms with van der Waals surface area (Å²) in [4.78, 5) is 71.7. The molecule has 71 heavy (non-hydrogen) atoms. The quantitative estimate of drug-likeness (QED) is 0.0290. The third-order valence-corrected chi connectivity index (χ3v) is 12.1. The van der Waals surface area contributed by atoms with Crippen LogP contribution in [0, 0.1) is 6.92 Å². The summed E-state index contributed by atoms with van der Waals surface area (Å²) in [6, 6.07) is 24.4. The number of unbranched alkanes of at least 4 members (excludes halogenated alkanes) is 5. The summed E-state index contributed by atoms with van der Waals surface area (Å²) >= 11 is 0. The minimum absolute atomic E-state index is 0.0105. The van der Waals surface area contributed by atoms with Crippen molar-refractivity contribution in [3.63, 3.8) is 0 Å². The molecule has 6 rings (SSSR count). The zero-order valence-electron chi connectivity index (χ0n) is 40.4. The molecule has 0 radical (unpaired) electrons. The van der Waals surface area contributed by atoms with E-state index in [1.165, 1.54) is 12.1 Å². The van der Waals surface area contributed by atoms with Gasteiger partial charge in [0.25, 0.3) is 0 Å². The maximum Gasteiger partial charge on any atom is 0.326 e. The molecule has 0 aliphatic heterocycles. The molecule has 4 aromatic carbocycles. The lowest BCUT2D eigenvalue weighted by molar-refractivity contribution is -0.142. The maximum atomic E-state index is 14.3. The number of amides is 4. The Bertz CT molecular complexity index is 2640. The molecule has 0 saturated carbocycles.